The van der Waals surface area contributed by atoms with Gasteiger partial charge in [-0.15, -0.1) is 0 Å². The Labute approximate surface area is 127 Å². The van der Waals surface area contributed by atoms with E-state index >= 15 is 0 Å². The van der Waals surface area contributed by atoms with E-state index in [4.69, 9.17) is 4.74 Å². The molecule has 2 aromatic carbocycles. The van der Waals surface area contributed by atoms with Crippen molar-refractivity contribution in [3.63, 3.8) is 0 Å². The second-order valence-electron chi connectivity index (χ2n) is 5.89. The third-order valence-corrected chi connectivity index (χ3v) is 4.24. The van der Waals surface area contributed by atoms with E-state index in [1.807, 2.05) is 0 Å². The highest BCUT2D eigenvalue weighted by molar-refractivity contribution is 5.54. The van der Waals surface area contributed by atoms with Crippen LogP contribution in [0.3, 0.4) is 0 Å². The fourth-order valence-corrected chi connectivity index (χ4v) is 3.01. The number of rotatable bonds is 4. The molecular formula is C19H23NO. The molecule has 1 unspecified atom stereocenters. The van der Waals surface area contributed by atoms with Gasteiger partial charge in [-0.3, -0.25) is 0 Å². The average molecular weight is 281 g/mol. The zero-order chi connectivity index (χ0) is 14.8. The number of benzene rings is 2. The minimum atomic E-state index is 0.345. The SMILES string of the molecule is CCC(Nc1ccc(C)cc1C)c1ccc2c(c1)CCO2. The minimum Gasteiger partial charge on any atom is -0.493 e. The molecule has 2 aromatic rings. The van der Waals surface area contributed by atoms with Crippen molar-refractivity contribution in [3.8, 4) is 5.75 Å². The minimum absolute atomic E-state index is 0.345. The van der Waals surface area contributed by atoms with Crippen molar-refractivity contribution in [1.29, 1.82) is 0 Å². The van der Waals surface area contributed by atoms with Gasteiger partial charge in [-0.25, -0.2) is 0 Å². The first-order valence-electron chi connectivity index (χ1n) is 7.77. The number of aryl methyl sites for hydroxylation is 2. The number of ether oxygens (including phenoxy) is 1. The summed E-state index contributed by atoms with van der Waals surface area (Å²) in [6.45, 7) is 7.35. The van der Waals surface area contributed by atoms with Crippen LogP contribution in [-0.2, 0) is 6.42 Å². The predicted octanol–water partition coefficient (Wildman–Crippen LogP) is 4.80. The van der Waals surface area contributed by atoms with Gasteiger partial charge in [0.2, 0.25) is 0 Å². The van der Waals surface area contributed by atoms with Crippen molar-refractivity contribution in [2.75, 3.05) is 11.9 Å². The highest BCUT2D eigenvalue weighted by Crippen LogP contribution is 2.31. The Hall–Kier alpha value is -1.96. The van der Waals surface area contributed by atoms with Crippen LogP contribution in [0.15, 0.2) is 36.4 Å². The lowest BCUT2D eigenvalue weighted by Gasteiger charge is -2.21. The van der Waals surface area contributed by atoms with Crippen molar-refractivity contribution in [2.24, 2.45) is 0 Å². The summed E-state index contributed by atoms with van der Waals surface area (Å²) >= 11 is 0. The van der Waals surface area contributed by atoms with E-state index in [9.17, 15) is 0 Å². The van der Waals surface area contributed by atoms with Gasteiger partial charge < -0.3 is 10.1 Å². The number of hydrogen-bond donors (Lipinski definition) is 1. The van der Waals surface area contributed by atoms with E-state index in [0.717, 1.165) is 25.2 Å². The molecule has 1 aliphatic rings. The molecule has 0 spiro atoms. The molecule has 1 N–H and O–H groups in total. The van der Waals surface area contributed by atoms with Crippen LogP contribution in [-0.4, -0.2) is 6.61 Å². The molecule has 2 heteroatoms. The van der Waals surface area contributed by atoms with Gasteiger partial charge in [0.25, 0.3) is 0 Å². The Morgan fingerprint density at radius 2 is 2.00 bits per heavy atom. The molecule has 0 bridgehead atoms. The Balaban J connectivity index is 1.85. The van der Waals surface area contributed by atoms with Gasteiger partial charge in [0.15, 0.2) is 0 Å². The quantitative estimate of drug-likeness (QED) is 0.869. The molecule has 0 saturated heterocycles. The summed E-state index contributed by atoms with van der Waals surface area (Å²) in [5, 5.41) is 3.69. The number of nitrogens with one attached hydrogen (secondary N) is 1. The summed E-state index contributed by atoms with van der Waals surface area (Å²) in [6.07, 6.45) is 2.09. The van der Waals surface area contributed by atoms with Crippen LogP contribution in [0, 0.1) is 13.8 Å². The lowest BCUT2D eigenvalue weighted by Crippen LogP contribution is -2.10. The first-order valence-corrected chi connectivity index (χ1v) is 7.77. The summed E-state index contributed by atoms with van der Waals surface area (Å²) in [5.41, 5.74) is 6.53. The molecule has 110 valence electrons. The van der Waals surface area contributed by atoms with E-state index in [-0.39, 0.29) is 0 Å². The zero-order valence-electron chi connectivity index (χ0n) is 13.1. The first kappa shape index (κ1) is 14.0. The first-order chi connectivity index (χ1) is 10.2. The molecule has 1 heterocycles. The summed E-state index contributed by atoms with van der Waals surface area (Å²) in [4.78, 5) is 0. The van der Waals surface area contributed by atoms with E-state index in [1.165, 1.54) is 27.9 Å². The summed E-state index contributed by atoms with van der Waals surface area (Å²) in [5.74, 6) is 1.06. The van der Waals surface area contributed by atoms with Crippen LogP contribution < -0.4 is 10.1 Å². The number of anilines is 1. The second kappa shape index (κ2) is 5.80. The van der Waals surface area contributed by atoms with Crippen LogP contribution in [0.1, 0.15) is 41.6 Å². The van der Waals surface area contributed by atoms with E-state index < -0.39 is 0 Å². The van der Waals surface area contributed by atoms with Crippen LogP contribution in [0.5, 0.6) is 5.75 Å². The molecule has 1 atom stereocenters. The molecule has 3 rings (SSSR count). The Kier molecular flexibility index (Phi) is 3.87. The highest BCUT2D eigenvalue weighted by Gasteiger charge is 2.16. The van der Waals surface area contributed by atoms with Crippen LogP contribution in [0.2, 0.25) is 0 Å². The topological polar surface area (TPSA) is 21.3 Å². The average Bonchev–Trinajstić information content (AvgIpc) is 2.94. The van der Waals surface area contributed by atoms with Crippen molar-refractivity contribution in [3.05, 3.63) is 58.7 Å². The molecule has 0 aromatic heterocycles. The summed E-state index contributed by atoms with van der Waals surface area (Å²) in [6, 6.07) is 13.5. The van der Waals surface area contributed by atoms with Gasteiger partial charge in [0.05, 0.1) is 12.6 Å². The lowest BCUT2D eigenvalue weighted by atomic mass is 10.00. The molecule has 0 amide bonds. The third-order valence-electron chi connectivity index (χ3n) is 4.24. The standard InChI is InChI=1S/C19H23NO/c1-4-17(20-18-7-5-13(2)11-14(18)3)15-6-8-19-16(12-15)9-10-21-19/h5-8,11-12,17,20H,4,9-10H2,1-3H3. The molecule has 2 nitrogen and oxygen atoms in total. The highest BCUT2D eigenvalue weighted by atomic mass is 16.5. The fraction of sp³-hybridized carbons (Fsp3) is 0.368. The van der Waals surface area contributed by atoms with E-state index in [2.05, 4.69) is 62.5 Å². The van der Waals surface area contributed by atoms with Gasteiger partial charge in [0, 0.05) is 12.1 Å². The maximum Gasteiger partial charge on any atom is 0.122 e. The molecular weight excluding hydrogens is 258 g/mol. The molecule has 0 fully saturated rings. The predicted molar refractivity (Wildman–Crippen MR) is 88.2 cm³/mol. The van der Waals surface area contributed by atoms with Crippen molar-refractivity contribution in [1.82, 2.24) is 0 Å². The van der Waals surface area contributed by atoms with Crippen LogP contribution >= 0.6 is 0 Å². The Morgan fingerprint density at radius 1 is 1.14 bits per heavy atom. The largest absolute Gasteiger partial charge is 0.493 e. The third kappa shape index (κ3) is 2.90. The van der Waals surface area contributed by atoms with Gasteiger partial charge in [-0.2, -0.15) is 0 Å². The van der Waals surface area contributed by atoms with Crippen molar-refractivity contribution in [2.45, 2.75) is 39.7 Å². The Morgan fingerprint density at radius 3 is 2.76 bits per heavy atom. The fourth-order valence-electron chi connectivity index (χ4n) is 3.01. The second-order valence-corrected chi connectivity index (χ2v) is 5.89. The maximum absolute atomic E-state index is 5.60. The van der Waals surface area contributed by atoms with E-state index in [1.54, 1.807) is 0 Å². The smallest absolute Gasteiger partial charge is 0.122 e. The monoisotopic (exact) mass is 281 g/mol. The van der Waals surface area contributed by atoms with Gasteiger partial charge in [-0.05, 0) is 55.2 Å². The normalized spacial score (nSPS) is 14.4. The Bertz CT molecular complexity index is 648. The van der Waals surface area contributed by atoms with Crippen LogP contribution in [0.4, 0.5) is 5.69 Å². The maximum atomic E-state index is 5.60. The van der Waals surface area contributed by atoms with Gasteiger partial charge in [0.1, 0.15) is 5.75 Å². The van der Waals surface area contributed by atoms with Gasteiger partial charge in [-0.1, -0.05) is 30.7 Å². The zero-order valence-corrected chi connectivity index (χ0v) is 13.1. The molecule has 0 radical (unpaired) electrons. The summed E-state index contributed by atoms with van der Waals surface area (Å²) < 4.78 is 5.60. The molecule has 0 saturated carbocycles. The van der Waals surface area contributed by atoms with Gasteiger partial charge >= 0.3 is 0 Å². The number of fused-ring (bicyclic) bond motifs is 1. The summed E-state index contributed by atoms with van der Waals surface area (Å²) in [7, 11) is 0. The van der Waals surface area contributed by atoms with Crippen LogP contribution in [0.25, 0.3) is 0 Å². The molecule has 21 heavy (non-hydrogen) atoms. The van der Waals surface area contributed by atoms with Crippen molar-refractivity contribution < 1.29 is 4.74 Å². The molecule has 1 aliphatic heterocycles. The van der Waals surface area contributed by atoms with Crippen molar-refractivity contribution >= 4 is 5.69 Å². The lowest BCUT2D eigenvalue weighted by molar-refractivity contribution is 0.357. The van der Waals surface area contributed by atoms with E-state index in [0.29, 0.717) is 6.04 Å². The molecule has 0 aliphatic carbocycles. The number of hydrogen-bond acceptors (Lipinski definition) is 2.